The highest BCUT2D eigenvalue weighted by atomic mass is 19.4. The fraction of sp³-hybridized carbons (Fsp3) is 0.333. The van der Waals surface area contributed by atoms with Gasteiger partial charge >= 0.3 is 6.18 Å². The second kappa shape index (κ2) is 5.76. The third-order valence-electron chi connectivity index (χ3n) is 4.34. The summed E-state index contributed by atoms with van der Waals surface area (Å²) in [6, 6.07) is 14.1. The fourth-order valence-electron chi connectivity index (χ4n) is 3.18. The van der Waals surface area contributed by atoms with Gasteiger partial charge in [0.15, 0.2) is 0 Å². The Morgan fingerprint density at radius 2 is 1.73 bits per heavy atom. The van der Waals surface area contributed by atoms with Crippen molar-refractivity contribution in [2.75, 3.05) is 6.54 Å². The Balaban J connectivity index is 2.10. The van der Waals surface area contributed by atoms with Crippen LogP contribution >= 0.6 is 0 Å². The number of hydrogen-bond acceptors (Lipinski definition) is 1. The molecule has 1 aliphatic rings. The van der Waals surface area contributed by atoms with E-state index in [2.05, 4.69) is 5.32 Å². The van der Waals surface area contributed by atoms with Gasteiger partial charge in [0.2, 0.25) is 0 Å². The Kier molecular flexibility index (Phi) is 3.96. The monoisotopic (exact) mass is 305 g/mol. The molecule has 0 radical (unpaired) electrons. The van der Waals surface area contributed by atoms with Gasteiger partial charge in [-0.05, 0) is 48.7 Å². The zero-order valence-electron chi connectivity index (χ0n) is 12.3. The standard InChI is InChI=1S/C18H18F3N/c1-12-17-11-14(18(19,20)21)7-8-16(17)15(9-10-22-12)13-5-3-2-4-6-13/h2-8,11-12,15,22H,9-10H2,1H3. The number of rotatable bonds is 1. The van der Waals surface area contributed by atoms with Crippen LogP contribution in [-0.2, 0) is 6.18 Å². The maximum absolute atomic E-state index is 13.0. The first kappa shape index (κ1) is 15.1. The van der Waals surface area contributed by atoms with Gasteiger partial charge in [-0.3, -0.25) is 0 Å². The van der Waals surface area contributed by atoms with Crippen LogP contribution in [0.3, 0.4) is 0 Å². The molecule has 2 aromatic rings. The molecule has 0 saturated carbocycles. The van der Waals surface area contributed by atoms with Crippen molar-refractivity contribution in [3.05, 3.63) is 70.8 Å². The van der Waals surface area contributed by atoms with Crippen molar-refractivity contribution < 1.29 is 13.2 Å². The van der Waals surface area contributed by atoms with Gasteiger partial charge < -0.3 is 5.32 Å². The summed E-state index contributed by atoms with van der Waals surface area (Å²) in [6.45, 7) is 2.71. The molecule has 0 saturated heterocycles. The number of nitrogens with one attached hydrogen (secondary N) is 1. The largest absolute Gasteiger partial charge is 0.416 e. The minimum Gasteiger partial charge on any atom is -0.310 e. The smallest absolute Gasteiger partial charge is 0.310 e. The summed E-state index contributed by atoms with van der Waals surface area (Å²) >= 11 is 0. The van der Waals surface area contributed by atoms with Crippen LogP contribution in [-0.4, -0.2) is 6.54 Å². The highest BCUT2D eigenvalue weighted by Crippen LogP contribution is 2.38. The molecule has 0 amide bonds. The molecule has 116 valence electrons. The second-order valence-corrected chi connectivity index (χ2v) is 5.77. The molecule has 22 heavy (non-hydrogen) atoms. The predicted molar refractivity (Wildman–Crippen MR) is 80.8 cm³/mol. The molecule has 2 atom stereocenters. The van der Waals surface area contributed by atoms with Gasteiger partial charge in [0, 0.05) is 12.0 Å². The molecule has 0 aliphatic carbocycles. The minimum atomic E-state index is -4.30. The highest BCUT2D eigenvalue weighted by Gasteiger charge is 2.33. The molecule has 1 nitrogen and oxygen atoms in total. The van der Waals surface area contributed by atoms with Gasteiger partial charge in [-0.2, -0.15) is 13.2 Å². The van der Waals surface area contributed by atoms with E-state index in [1.54, 1.807) is 6.07 Å². The normalized spacial score (nSPS) is 22.0. The molecule has 0 bridgehead atoms. The predicted octanol–water partition coefficient (Wildman–Crippen LogP) is 4.89. The average Bonchev–Trinajstić information content (AvgIpc) is 2.66. The van der Waals surface area contributed by atoms with Crippen molar-refractivity contribution in [1.29, 1.82) is 0 Å². The summed E-state index contributed by atoms with van der Waals surface area (Å²) in [5.41, 5.74) is 2.32. The van der Waals surface area contributed by atoms with E-state index in [9.17, 15) is 13.2 Å². The third-order valence-corrected chi connectivity index (χ3v) is 4.34. The fourth-order valence-corrected chi connectivity index (χ4v) is 3.18. The summed E-state index contributed by atoms with van der Waals surface area (Å²) < 4.78 is 39.0. The van der Waals surface area contributed by atoms with Crippen LogP contribution in [0.5, 0.6) is 0 Å². The Morgan fingerprint density at radius 3 is 2.41 bits per heavy atom. The van der Waals surface area contributed by atoms with Gasteiger partial charge in [0.1, 0.15) is 0 Å². The lowest BCUT2D eigenvalue weighted by Gasteiger charge is -2.21. The van der Waals surface area contributed by atoms with Crippen LogP contribution in [0.1, 0.15) is 47.6 Å². The minimum absolute atomic E-state index is 0.0778. The second-order valence-electron chi connectivity index (χ2n) is 5.77. The van der Waals surface area contributed by atoms with Crippen molar-refractivity contribution in [2.45, 2.75) is 31.5 Å². The van der Waals surface area contributed by atoms with Crippen molar-refractivity contribution in [3.63, 3.8) is 0 Å². The zero-order valence-corrected chi connectivity index (χ0v) is 12.3. The van der Waals surface area contributed by atoms with E-state index in [1.807, 2.05) is 37.3 Å². The van der Waals surface area contributed by atoms with Gasteiger partial charge in [-0.25, -0.2) is 0 Å². The molecule has 1 N–H and O–H groups in total. The van der Waals surface area contributed by atoms with Crippen molar-refractivity contribution in [3.8, 4) is 0 Å². The number of benzene rings is 2. The van der Waals surface area contributed by atoms with E-state index in [-0.39, 0.29) is 12.0 Å². The summed E-state index contributed by atoms with van der Waals surface area (Å²) in [4.78, 5) is 0. The van der Waals surface area contributed by atoms with Gasteiger partial charge in [-0.1, -0.05) is 36.4 Å². The van der Waals surface area contributed by atoms with Crippen molar-refractivity contribution in [1.82, 2.24) is 5.32 Å². The Morgan fingerprint density at radius 1 is 1.00 bits per heavy atom. The van der Waals surface area contributed by atoms with Crippen LogP contribution in [0.15, 0.2) is 48.5 Å². The number of halogens is 3. The van der Waals surface area contributed by atoms with Crippen LogP contribution < -0.4 is 5.32 Å². The quantitative estimate of drug-likeness (QED) is 0.791. The Labute approximate surface area is 128 Å². The lowest BCUT2D eigenvalue weighted by Crippen LogP contribution is -2.18. The summed E-state index contributed by atoms with van der Waals surface area (Å²) in [5, 5.41) is 3.31. The maximum atomic E-state index is 13.0. The Bertz CT molecular complexity index is 649. The topological polar surface area (TPSA) is 12.0 Å². The van der Waals surface area contributed by atoms with Gasteiger partial charge in [0.25, 0.3) is 0 Å². The molecule has 4 heteroatoms. The molecule has 3 rings (SSSR count). The lowest BCUT2D eigenvalue weighted by atomic mass is 9.85. The summed E-state index contributed by atoms with van der Waals surface area (Å²) in [5.74, 6) is 0.135. The molecular formula is C18H18F3N. The number of hydrogen-bond donors (Lipinski definition) is 1. The Hall–Kier alpha value is -1.81. The first-order valence-electron chi connectivity index (χ1n) is 7.46. The SMILES string of the molecule is CC1NCCC(c2ccccc2)c2ccc(C(F)(F)F)cc21. The van der Waals surface area contributed by atoms with E-state index < -0.39 is 11.7 Å². The van der Waals surface area contributed by atoms with Crippen LogP contribution in [0.4, 0.5) is 13.2 Å². The molecule has 1 heterocycles. The van der Waals surface area contributed by atoms with Gasteiger partial charge in [0.05, 0.1) is 5.56 Å². The average molecular weight is 305 g/mol. The first-order chi connectivity index (χ1) is 10.5. The molecular weight excluding hydrogens is 287 g/mol. The van der Waals surface area contributed by atoms with E-state index in [1.165, 1.54) is 12.1 Å². The molecule has 2 aromatic carbocycles. The van der Waals surface area contributed by atoms with Crippen molar-refractivity contribution >= 4 is 0 Å². The lowest BCUT2D eigenvalue weighted by molar-refractivity contribution is -0.137. The molecule has 0 spiro atoms. The number of fused-ring (bicyclic) bond motifs is 1. The van der Waals surface area contributed by atoms with Crippen LogP contribution in [0.25, 0.3) is 0 Å². The maximum Gasteiger partial charge on any atom is 0.416 e. The summed E-state index contributed by atoms with van der Waals surface area (Å²) in [7, 11) is 0. The van der Waals surface area contributed by atoms with E-state index in [4.69, 9.17) is 0 Å². The third kappa shape index (κ3) is 2.88. The van der Waals surface area contributed by atoms with E-state index in [0.29, 0.717) is 0 Å². The zero-order chi connectivity index (χ0) is 15.7. The highest BCUT2D eigenvalue weighted by molar-refractivity contribution is 5.43. The molecule has 0 fully saturated rings. The van der Waals surface area contributed by atoms with Crippen molar-refractivity contribution in [2.24, 2.45) is 0 Å². The number of alkyl halides is 3. The van der Waals surface area contributed by atoms with E-state index in [0.717, 1.165) is 29.7 Å². The molecule has 1 aliphatic heterocycles. The summed E-state index contributed by atoms with van der Waals surface area (Å²) in [6.07, 6.45) is -3.42. The first-order valence-corrected chi connectivity index (χ1v) is 7.46. The molecule has 0 aromatic heterocycles. The van der Waals surface area contributed by atoms with Gasteiger partial charge in [-0.15, -0.1) is 0 Å². The van der Waals surface area contributed by atoms with E-state index >= 15 is 0 Å². The van der Waals surface area contributed by atoms with Crippen LogP contribution in [0, 0.1) is 0 Å². The van der Waals surface area contributed by atoms with Crippen LogP contribution in [0.2, 0.25) is 0 Å². The molecule has 2 unspecified atom stereocenters.